The van der Waals surface area contributed by atoms with Gasteiger partial charge in [0, 0.05) is 19.5 Å². The molecule has 0 spiro atoms. The number of ether oxygens (including phenoxy) is 2. The largest absolute Gasteiger partial charge is 0.489 e. The first kappa shape index (κ1) is 22.1. The quantitative estimate of drug-likeness (QED) is 0.704. The van der Waals surface area contributed by atoms with E-state index in [0.29, 0.717) is 29.7 Å². The lowest BCUT2D eigenvalue weighted by molar-refractivity contribution is -0.126. The number of rotatable bonds is 5. The molecule has 7 nitrogen and oxygen atoms in total. The van der Waals surface area contributed by atoms with Crippen LogP contribution in [0.5, 0.6) is 11.5 Å². The third-order valence-electron chi connectivity index (χ3n) is 4.86. The van der Waals surface area contributed by atoms with E-state index in [9.17, 15) is 13.2 Å². The third kappa shape index (κ3) is 5.13. The van der Waals surface area contributed by atoms with Crippen LogP contribution in [0.15, 0.2) is 47.4 Å². The zero-order chi connectivity index (χ0) is 21.9. The molecular formula is C21H23ClN2O5S. The Labute approximate surface area is 181 Å². The molecule has 1 aliphatic heterocycles. The van der Waals surface area contributed by atoms with Gasteiger partial charge in [-0.2, -0.15) is 0 Å². The molecule has 1 aliphatic rings. The van der Waals surface area contributed by atoms with Crippen molar-refractivity contribution in [3.8, 4) is 11.5 Å². The first-order valence-electron chi connectivity index (χ1n) is 9.33. The molecule has 9 heteroatoms. The van der Waals surface area contributed by atoms with Crippen LogP contribution in [0.3, 0.4) is 0 Å². The molecule has 160 valence electrons. The van der Waals surface area contributed by atoms with Gasteiger partial charge in [-0.25, -0.2) is 13.6 Å². The topological polar surface area (TPSA) is 98.9 Å². The molecular weight excluding hydrogens is 428 g/mol. The Morgan fingerprint density at radius 2 is 1.87 bits per heavy atom. The summed E-state index contributed by atoms with van der Waals surface area (Å²) in [6, 6.07) is 9.36. The molecule has 0 aromatic heterocycles. The molecule has 0 aliphatic carbocycles. The fraction of sp³-hybridized carbons (Fsp3) is 0.286. The molecule has 3 rings (SSSR count). The van der Waals surface area contributed by atoms with Gasteiger partial charge < -0.3 is 14.4 Å². The molecule has 1 amide bonds. The maximum atomic E-state index is 12.6. The number of nitrogens with zero attached hydrogens (tertiary/aromatic N) is 1. The van der Waals surface area contributed by atoms with Crippen molar-refractivity contribution in [2.75, 3.05) is 20.3 Å². The van der Waals surface area contributed by atoms with E-state index in [0.717, 1.165) is 17.5 Å². The van der Waals surface area contributed by atoms with Crippen molar-refractivity contribution >= 4 is 33.6 Å². The van der Waals surface area contributed by atoms with Crippen LogP contribution in [0.4, 0.5) is 0 Å². The number of primary sulfonamides is 1. The zero-order valence-corrected chi connectivity index (χ0v) is 18.2. The second kappa shape index (κ2) is 9.07. The van der Waals surface area contributed by atoms with Crippen LogP contribution in [0.25, 0.3) is 6.08 Å². The number of benzene rings is 2. The lowest BCUT2D eigenvalue weighted by Gasteiger charge is -2.24. The highest BCUT2D eigenvalue weighted by Gasteiger charge is 2.18. The minimum absolute atomic E-state index is 0.0265. The molecule has 1 unspecified atom stereocenters. The van der Waals surface area contributed by atoms with E-state index < -0.39 is 10.0 Å². The maximum Gasteiger partial charge on any atom is 0.246 e. The van der Waals surface area contributed by atoms with Gasteiger partial charge in [-0.1, -0.05) is 23.7 Å². The van der Waals surface area contributed by atoms with E-state index in [1.54, 1.807) is 42.3 Å². The van der Waals surface area contributed by atoms with Crippen molar-refractivity contribution in [1.29, 1.82) is 0 Å². The van der Waals surface area contributed by atoms with E-state index in [1.165, 1.54) is 18.2 Å². The van der Waals surface area contributed by atoms with Gasteiger partial charge in [0.15, 0.2) is 11.5 Å². The Morgan fingerprint density at radius 1 is 1.20 bits per heavy atom. The minimum Gasteiger partial charge on any atom is -0.489 e. The standard InChI is InChI=1S/C21H23ClN2O5S/c1-14(16-5-7-17(8-6-16)30(23,26)27)24(2)20(25)9-4-15-12-18(22)21-19(13-15)28-10-3-11-29-21/h4-9,12-14H,3,10-11H2,1-2H3,(H2,23,26,27)/b9-4+. The van der Waals surface area contributed by atoms with Gasteiger partial charge >= 0.3 is 0 Å². The van der Waals surface area contributed by atoms with Crippen LogP contribution < -0.4 is 14.6 Å². The number of carbonyl (C=O) groups excluding carboxylic acids is 1. The van der Waals surface area contributed by atoms with E-state index in [4.69, 9.17) is 26.2 Å². The molecule has 0 bridgehead atoms. The third-order valence-corrected chi connectivity index (χ3v) is 6.07. The van der Waals surface area contributed by atoms with Gasteiger partial charge in [-0.05, 0) is 48.4 Å². The Hall–Kier alpha value is -2.55. The molecule has 1 atom stereocenters. The average molecular weight is 451 g/mol. The van der Waals surface area contributed by atoms with Crippen LogP contribution in [0.2, 0.25) is 5.02 Å². The van der Waals surface area contributed by atoms with Crippen molar-refractivity contribution in [2.45, 2.75) is 24.3 Å². The van der Waals surface area contributed by atoms with E-state index in [2.05, 4.69) is 0 Å². The van der Waals surface area contributed by atoms with Gasteiger partial charge in [-0.15, -0.1) is 0 Å². The van der Waals surface area contributed by atoms with Crippen molar-refractivity contribution in [3.05, 3.63) is 58.6 Å². The van der Waals surface area contributed by atoms with E-state index in [-0.39, 0.29) is 16.8 Å². The lowest BCUT2D eigenvalue weighted by Crippen LogP contribution is -2.28. The second-order valence-electron chi connectivity index (χ2n) is 6.95. The van der Waals surface area contributed by atoms with Gasteiger partial charge in [0.05, 0.1) is 29.2 Å². The zero-order valence-electron chi connectivity index (χ0n) is 16.7. The summed E-state index contributed by atoms with van der Waals surface area (Å²) in [7, 11) is -2.08. The summed E-state index contributed by atoms with van der Waals surface area (Å²) in [5.74, 6) is 0.858. The Bertz CT molecular complexity index is 1070. The van der Waals surface area contributed by atoms with Crippen LogP contribution in [0, 0.1) is 0 Å². The monoisotopic (exact) mass is 450 g/mol. The molecule has 30 heavy (non-hydrogen) atoms. The van der Waals surface area contributed by atoms with Gasteiger partial charge in [0.1, 0.15) is 0 Å². The van der Waals surface area contributed by atoms with Crippen molar-refractivity contribution in [3.63, 3.8) is 0 Å². The molecule has 0 saturated carbocycles. The smallest absolute Gasteiger partial charge is 0.246 e. The van der Waals surface area contributed by atoms with E-state index >= 15 is 0 Å². The van der Waals surface area contributed by atoms with Gasteiger partial charge in [0.2, 0.25) is 15.9 Å². The van der Waals surface area contributed by atoms with E-state index in [1.807, 2.05) is 6.92 Å². The summed E-state index contributed by atoms with van der Waals surface area (Å²) >= 11 is 6.29. The number of fused-ring (bicyclic) bond motifs is 1. The Kier molecular flexibility index (Phi) is 6.70. The number of halogens is 1. The highest BCUT2D eigenvalue weighted by molar-refractivity contribution is 7.89. The maximum absolute atomic E-state index is 12.6. The first-order chi connectivity index (χ1) is 14.2. The molecule has 0 fully saturated rings. The predicted molar refractivity (Wildman–Crippen MR) is 115 cm³/mol. The summed E-state index contributed by atoms with van der Waals surface area (Å²) in [6.45, 7) is 2.93. The second-order valence-corrected chi connectivity index (χ2v) is 8.92. The SMILES string of the molecule is CC(c1ccc(S(N)(=O)=O)cc1)N(C)C(=O)/C=C/c1cc(Cl)c2c(c1)OCCCO2. The van der Waals surface area contributed by atoms with Gasteiger partial charge in [-0.3, -0.25) is 4.79 Å². The van der Waals surface area contributed by atoms with Crippen molar-refractivity contribution < 1.29 is 22.7 Å². The summed E-state index contributed by atoms with van der Waals surface area (Å²) in [6.07, 6.45) is 3.89. The lowest BCUT2D eigenvalue weighted by atomic mass is 10.1. The molecule has 0 saturated heterocycles. The highest BCUT2D eigenvalue weighted by atomic mass is 35.5. The van der Waals surface area contributed by atoms with Crippen LogP contribution in [-0.2, 0) is 14.8 Å². The molecule has 2 aromatic rings. The number of hydrogen-bond acceptors (Lipinski definition) is 5. The summed E-state index contributed by atoms with van der Waals surface area (Å²) in [4.78, 5) is 14.2. The number of nitrogens with two attached hydrogens (primary N) is 1. The molecule has 1 heterocycles. The summed E-state index contributed by atoms with van der Waals surface area (Å²) in [5, 5.41) is 5.55. The number of hydrogen-bond donors (Lipinski definition) is 1. The van der Waals surface area contributed by atoms with Crippen molar-refractivity contribution in [1.82, 2.24) is 4.90 Å². The summed E-state index contributed by atoms with van der Waals surface area (Å²) < 4.78 is 34.0. The number of carbonyl (C=O) groups is 1. The summed E-state index contributed by atoms with van der Waals surface area (Å²) in [5.41, 5.74) is 1.50. The molecule has 2 N–H and O–H groups in total. The van der Waals surface area contributed by atoms with Crippen LogP contribution in [-0.4, -0.2) is 39.5 Å². The predicted octanol–water partition coefficient (Wildman–Crippen LogP) is 3.38. The normalized spacial score (nSPS) is 14.9. The Balaban J connectivity index is 1.73. The Morgan fingerprint density at radius 3 is 2.53 bits per heavy atom. The minimum atomic E-state index is -3.76. The average Bonchev–Trinajstić information content (AvgIpc) is 2.96. The fourth-order valence-electron chi connectivity index (χ4n) is 2.98. The molecule has 0 radical (unpaired) electrons. The molecule has 2 aromatic carbocycles. The van der Waals surface area contributed by atoms with Crippen molar-refractivity contribution in [2.24, 2.45) is 5.14 Å². The van der Waals surface area contributed by atoms with Crippen LogP contribution in [0.1, 0.15) is 30.5 Å². The fourth-order valence-corrected chi connectivity index (χ4v) is 3.77. The van der Waals surface area contributed by atoms with Gasteiger partial charge in [0.25, 0.3) is 0 Å². The van der Waals surface area contributed by atoms with Crippen LogP contribution >= 0.6 is 11.6 Å². The highest BCUT2D eigenvalue weighted by Crippen LogP contribution is 2.38. The number of amides is 1. The number of sulfonamides is 1. The number of likely N-dealkylation sites (N-methyl/N-ethyl adjacent to an activating group) is 1. The first-order valence-corrected chi connectivity index (χ1v) is 11.3.